The largest absolute Gasteiger partial charge is 0.493 e. The Morgan fingerprint density at radius 3 is 2.43 bits per heavy atom. The Morgan fingerprint density at radius 2 is 1.77 bits per heavy atom. The first kappa shape index (κ1) is 21.2. The minimum absolute atomic E-state index is 0.117. The van der Waals surface area contributed by atoms with Crippen molar-refractivity contribution in [2.45, 2.75) is 18.8 Å². The topological polar surface area (TPSA) is 74.6 Å². The Labute approximate surface area is 165 Å². The summed E-state index contributed by atoms with van der Waals surface area (Å²) in [6, 6.07) is 9.40. The average molecular weight is 426 g/mol. The van der Waals surface area contributed by atoms with Gasteiger partial charge in [0.05, 0.1) is 17.7 Å². The summed E-state index contributed by atoms with van der Waals surface area (Å²) in [6.45, 7) is -0.294. The quantitative estimate of drug-likeness (QED) is 0.583. The molecule has 0 aliphatic carbocycles. The van der Waals surface area contributed by atoms with Crippen molar-refractivity contribution >= 4 is 0 Å². The van der Waals surface area contributed by atoms with Crippen LogP contribution >= 0.6 is 0 Å². The lowest BCUT2D eigenvalue weighted by Crippen LogP contribution is -2.14. The Hall–Kier alpha value is -3.55. The number of halogens is 6. The van der Waals surface area contributed by atoms with Crippen LogP contribution in [0.4, 0.5) is 26.3 Å². The zero-order valence-electron chi connectivity index (χ0n) is 15.0. The second-order valence-electron chi connectivity index (χ2n) is 6.14. The molecule has 1 N–H and O–H groups in total. The summed E-state index contributed by atoms with van der Waals surface area (Å²) in [5.41, 5.74) is -1.97. The van der Waals surface area contributed by atoms with E-state index in [1.54, 1.807) is 12.1 Å². The third-order valence-corrected chi connectivity index (χ3v) is 4.15. The Bertz CT molecular complexity index is 1080. The van der Waals surface area contributed by atoms with Gasteiger partial charge in [0.25, 0.3) is 0 Å². The van der Waals surface area contributed by atoms with Gasteiger partial charge in [0, 0.05) is 12.0 Å². The molecular formula is C19H12F6N4O. The third-order valence-electron chi connectivity index (χ3n) is 4.15. The summed E-state index contributed by atoms with van der Waals surface area (Å²) in [5.74, 6) is 0.250. The molecule has 0 radical (unpaired) electrons. The van der Waals surface area contributed by atoms with Gasteiger partial charge >= 0.3 is 12.4 Å². The number of aromatic amines is 1. The van der Waals surface area contributed by atoms with E-state index in [1.165, 1.54) is 12.1 Å². The number of hydrogen-bond acceptors (Lipinski definition) is 4. The number of nitrogens with one attached hydrogen (secondary N) is 1. The number of alkyl halides is 6. The number of nitriles is 1. The Balaban J connectivity index is 1.78. The molecule has 0 saturated heterocycles. The van der Waals surface area contributed by atoms with E-state index in [9.17, 15) is 26.3 Å². The minimum Gasteiger partial charge on any atom is -0.493 e. The van der Waals surface area contributed by atoms with Crippen molar-refractivity contribution in [3.05, 3.63) is 64.8 Å². The minimum atomic E-state index is -4.79. The summed E-state index contributed by atoms with van der Waals surface area (Å²) < 4.78 is 83.5. The zero-order chi connectivity index (χ0) is 21.9. The van der Waals surface area contributed by atoms with Crippen LogP contribution in [0.3, 0.4) is 0 Å². The summed E-state index contributed by atoms with van der Waals surface area (Å²) >= 11 is 0. The lowest BCUT2D eigenvalue weighted by molar-refractivity contribution is -0.141. The predicted octanol–water partition coefficient (Wildman–Crippen LogP) is 5.00. The highest BCUT2D eigenvalue weighted by Gasteiger charge is 2.36. The van der Waals surface area contributed by atoms with Gasteiger partial charge in [-0.3, -0.25) is 0 Å². The van der Waals surface area contributed by atoms with Gasteiger partial charge in [-0.1, -0.05) is 17.3 Å². The number of ether oxygens (including phenoxy) is 1. The van der Waals surface area contributed by atoms with Gasteiger partial charge in [0.2, 0.25) is 0 Å². The lowest BCUT2D eigenvalue weighted by Gasteiger charge is -2.16. The van der Waals surface area contributed by atoms with Crippen molar-refractivity contribution < 1.29 is 31.1 Å². The maximum Gasteiger partial charge on any atom is 0.416 e. The van der Waals surface area contributed by atoms with Crippen LogP contribution in [0, 0.1) is 11.3 Å². The summed E-state index contributed by atoms with van der Waals surface area (Å²) in [4.78, 5) is 0. The smallest absolute Gasteiger partial charge is 0.416 e. The molecule has 1 heterocycles. The van der Waals surface area contributed by atoms with E-state index in [0.29, 0.717) is 23.8 Å². The summed E-state index contributed by atoms with van der Waals surface area (Å²) in [5, 5.41) is 18.7. The fourth-order valence-electron chi connectivity index (χ4n) is 2.77. The summed E-state index contributed by atoms with van der Waals surface area (Å²) in [7, 11) is 0. The van der Waals surface area contributed by atoms with Crippen LogP contribution < -0.4 is 4.74 Å². The number of aromatic nitrogens is 3. The predicted molar refractivity (Wildman–Crippen MR) is 92.2 cm³/mol. The first-order chi connectivity index (χ1) is 14.1. The van der Waals surface area contributed by atoms with Crippen LogP contribution in [-0.2, 0) is 18.8 Å². The second-order valence-corrected chi connectivity index (χ2v) is 6.14. The van der Waals surface area contributed by atoms with Gasteiger partial charge in [-0.2, -0.15) is 31.6 Å². The van der Waals surface area contributed by atoms with E-state index in [2.05, 4.69) is 15.4 Å². The van der Waals surface area contributed by atoms with E-state index in [4.69, 9.17) is 10.00 Å². The molecule has 0 aliphatic heterocycles. The third kappa shape index (κ3) is 4.71. The maximum absolute atomic E-state index is 13.1. The number of nitrogens with zero attached hydrogens (tertiary/aromatic N) is 3. The fraction of sp³-hybridized carbons (Fsp3) is 0.211. The molecular weight excluding hydrogens is 414 g/mol. The molecule has 156 valence electrons. The van der Waals surface area contributed by atoms with E-state index >= 15 is 0 Å². The van der Waals surface area contributed by atoms with Gasteiger partial charge in [-0.05, 0) is 35.9 Å². The number of rotatable bonds is 5. The average Bonchev–Trinajstić information content (AvgIpc) is 3.15. The molecule has 0 bridgehead atoms. The number of hydrogen-bond donors (Lipinski definition) is 1. The Kier molecular flexibility index (Phi) is 5.69. The molecule has 0 atom stereocenters. The van der Waals surface area contributed by atoms with Crippen molar-refractivity contribution in [1.82, 2.24) is 15.4 Å². The summed E-state index contributed by atoms with van der Waals surface area (Å²) in [6.07, 6.45) is -9.94. The van der Waals surface area contributed by atoms with E-state index in [0.717, 1.165) is 0 Å². The van der Waals surface area contributed by atoms with Crippen molar-refractivity contribution in [2.24, 2.45) is 0 Å². The van der Waals surface area contributed by atoms with E-state index in [1.807, 2.05) is 6.07 Å². The van der Waals surface area contributed by atoms with Crippen molar-refractivity contribution in [3.8, 4) is 23.1 Å². The molecule has 5 nitrogen and oxygen atoms in total. The molecule has 0 amide bonds. The zero-order valence-corrected chi connectivity index (χ0v) is 15.0. The highest BCUT2D eigenvalue weighted by molar-refractivity contribution is 5.65. The normalized spacial score (nSPS) is 11.9. The van der Waals surface area contributed by atoms with Gasteiger partial charge in [0.1, 0.15) is 17.5 Å². The van der Waals surface area contributed by atoms with Crippen LogP contribution in [0.15, 0.2) is 42.5 Å². The molecule has 3 aromatic rings. The molecule has 30 heavy (non-hydrogen) atoms. The Morgan fingerprint density at radius 1 is 1.00 bits per heavy atom. The molecule has 0 saturated carbocycles. The molecule has 2 aromatic carbocycles. The van der Waals surface area contributed by atoms with Crippen LogP contribution in [0.25, 0.3) is 11.3 Å². The fourth-order valence-corrected chi connectivity index (χ4v) is 2.77. The maximum atomic E-state index is 13.1. The standard InChI is InChI=1S/C19H12F6N4O/c20-18(21,22)13-4-5-15(19(23,24)25)11(8-13)6-7-30-14-3-1-2-12(9-14)17-16(10-26)27-29-28-17/h1-5,8-9H,6-7H2,(H,27,28,29). The van der Waals surface area contributed by atoms with Gasteiger partial charge in [-0.15, -0.1) is 5.10 Å². The van der Waals surface area contributed by atoms with Gasteiger partial charge in [0.15, 0.2) is 5.69 Å². The van der Waals surface area contributed by atoms with Crippen molar-refractivity contribution in [3.63, 3.8) is 0 Å². The van der Waals surface area contributed by atoms with Crippen LogP contribution in [-0.4, -0.2) is 22.0 Å². The van der Waals surface area contributed by atoms with E-state index in [-0.39, 0.29) is 23.7 Å². The van der Waals surface area contributed by atoms with E-state index < -0.39 is 35.5 Å². The molecule has 0 aliphatic rings. The molecule has 0 fully saturated rings. The lowest BCUT2D eigenvalue weighted by atomic mass is 10.0. The van der Waals surface area contributed by atoms with Crippen LogP contribution in [0.1, 0.15) is 22.4 Å². The molecule has 3 rings (SSSR count). The van der Waals surface area contributed by atoms with Crippen molar-refractivity contribution in [1.29, 1.82) is 5.26 Å². The highest BCUT2D eigenvalue weighted by atomic mass is 19.4. The SMILES string of the molecule is N#Cc1[nH]nnc1-c1cccc(OCCc2cc(C(F)(F)F)ccc2C(F)(F)F)c1. The molecule has 1 aromatic heterocycles. The first-order valence-electron chi connectivity index (χ1n) is 8.41. The highest BCUT2D eigenvalue weighted by Crippen LogP contribution is 2.36. The number of H-pyrrole nitrogens is 1. The van der Waals surface area contributed by atoms with Gasteiger partial charge in [-0.25, -0.2) is 5.10 Å². The van der Waals surface area contributed by atoms with Crippen LogP contribution in [0.2, 0.25) is 0 Å². The molecule has 0 unspecified atom stereocenters. The second kappa shape index (κ2) is 8.06. The first-order valence-corrected chi connectivity index (χ1v) is 8.41. The number of benzene rings is 2. The molecule has 0 spiro atoms. The van der Waals surface area contributed by atoms with Crippen molar-refractivity contribution in [2.75, 3.05) is 6.61 Å². The molecule has 11 heteroatoms. The van der Waals surface area contributed by atoms with Gasteiger partial charge < -0.3 is 4.74 Å². The monoisotopic (exact) mass is 426 g/mol. The van der Waals surface area contributed by atoms with Crippen LogP contribution in [0.5, 0.6) is 5.75 Å².